The first-order chi connectivity index (χ1) is 8.29. The average molecular weight is 294 g/mol. The second-order valence-corrected chi connectivity index (χ2v) is 4.38. The van der Waals surface area contributed by atoms with E-state index >= 15 is 0 Å². The summed E-state index contributed by atoms with van der Waals surface area (Å²) in [7, 11) is 0. The van der Waals surface area contributed by atoms with Crippen LogP contribution in [-0.4, -0.2) is 10.1 Å². The summed E-state index contributed by atoms with van der Waals surface area (Å²) in [6, 6.07) is 11.4. The first-order valence-corrected chi connectivity index (χ1v) is 6.01. The lowest BCUT2D eigenvalue weighted by molar-refractivity contribution is 0.272. The van der Waals surface area contributed by atoms with Gasteiger partial charge >= 0.3 is 0 Å². The van der Waals surface area contributed by atoms with Crippen molar-refractivity contribution in [1.29, 1.82) is 0 Å². The predicted octanol–water partition coefficient (Wildman–Crippen LogP) is 2.92. The van der Waals surface area contributed by atoms with Gasteiger partial charge in [0.05, 0.1) is 12.3 Å². The Hall–Kier alpha value is -1.39. The number of hydrogen-bond donors (Lipinski definition) is 1. The lowest BCUT2D eigenvalue weighted by Gasteiger charge is -2.08. The molecule has 4 heteroatoms. The normalized spacial score (nSPS) is 10.2. The molecule has 0 aliphatic heterocycles. The SMILES string of the molecule is OCc1cc(OCc2ccccc2Br)ccn1. The largest absolute Gasteiger partial charge is 0.489 e. The number of aliphatic hydroxyl groups excluding tert-OH is 1. The molecule has 0 atom stereocenters. The maximum atomic E-state index is 8.97. The van der Waals surface area contributed by atoms with Crippen molar-refractivity contribution in [1.82, 2.24) is 4.98 Å². The molecule has 0 aliphatic rings. The van der Waals surface area contributed by atoms with Gasteiger partial charge in [0.1, 0.15) is 12.4 Å². The maximum absolute atomic E-state index is 8.97. The number of hydrogen-bond acceptors (Lipinski definition) is 3. The fraction of sp³-hybridized carbons (Fsp3) is 0.154. The van der Waals surface area contributed by atoms with Gasteiger partial charge in [-0.25, -0.2) is 0 Å². The maximum Gasteiger partial charge on any atom is 0.123 e. The van der Waals surface area contributed by atoms with Gasteiger partial charge in [-0.1, -0.05) is 34.1 Å². The molecule has 0 radical (unpaired) electrons. The standard InChI is InChI=1S/C13H12BrNO2/c14-13-4-2-1-3-10(13)9-17-12-5-6-15-11(7-12)8-16/h1-7,16H,8-9H2. The minimum Gasteiger partial charge on any atom is -0.489 e. The molecule has 0 aliphatic carbocycles. The minimum absolute atomic E-state index is 0.0772. The van der Waals surface area contributed by atoms with E-state index in [2.05, 4.69) is 20.9 Å². The Labute approximate surface area is 108 Å². The number of pyridine rings is 1. The highest BCUT2D eigenvalue weighted by Gasteiger charge is 2.01. The molecular weight excluding hydrogens is 282 g/mol. The predicted molar refractivity (Wildman–Crippen MR) is 68.6 cm³/mol. The van der Waals surface area contributed by atoms with Gasteiger partial charge in [-0.15, -0.1) is 0 Å². The lowest BCUT2D eigenvalue weighted by Crippen LogP contribution is -1.97. The Bertz CT molecular complexity index is 502. The van der Waals surface area contributed by atoms with E-state index in [1.165, 1.54) is 0 Å². The zero-order valence-corrected chi connectivity index (χ0v) is 10.7. The van der Waals surface area contributed by atoms with Crippen molar-refractivity contribution in [2.45, 2.75) is 13.2 Å². The Morgan fingerprint density at radius 2 is 2.06 bits per heavy atom. The third kappa shape index (κ3) is 3.28. The van der Waals surface area contributed by atoms with E-state index < -0.39 is 0 Å². The summed E-state index contributed by atoms with van der Waals surface area (Å²) in [5.41, 5.74) is 1.68. The Morgan fingerprint density at radius 3 is 2.82 bits per heavy atom. The summed E-state index contributed by atoms with van der Waals surface area (Å²) in [4.78, 5) is 3.99. The highest BCUT2D eigenvalue weighted by molar-refractivity contribution is 9.10. The van der Waals surface area contributed by atoms with Crippen LogP contribution in [0.1, 0.15) is 11.3 Å². The molecule has 0 amide bonds. The fourth-order valence-electron chi connectivity index (χ4n) is 1.41. The van der Waals surface area contributed by atoms with Crippen LogP contribution < -0.4 is 4.74 Å². The number of aliphatic hydroxyl groups is 1. The summed E-state index contributed by atoms with van der Waals surface area (Å²) in [6.07, 6.45) is 1.63. The Balaban J connectivity index is 2.05. The van der Waals surface area contributed by atoms with E-state index in [4.69, 9.17) is 9.84 Å². The van der Waals surface area contributed by atoms with Crippen molar-refractivity contribution < 1.29 is 9.84 Å². The van der Waals surface area contributed by atoms with Gasteiger partial charge in [-0.2, -0.15) is 0 Å². The lowest BCUT2D eigenvalue weighted by atomic mass is 10.2. The molecule has 1 aromatic heterocycles. The van der Waals surface area contributed by atoms with Crippen LogP contribution in [0, 0.1) is 0 Å². The molecule has 88 valence electrons. The van der Waals surface area contributed by atoms with Crippen LogP contribution in [0.5, 0.6) is 5.75 Å². The van der Waals surface area contributed by atoms with Crippen molar-refractivity contribution in [2.24, 2.45) is 0 Å². The molecule has 0 unspecified atom stereocenters. The van der Waals surface area contributed by atoms with Crippen LogP contribution in [0.3, 0.4) is 0 Å². The number of aromatic nitrogens is 1. The summed E-state index contributed by atoms with van der Waals surface area (Å²) >= 11 is 3.47. The molecule has 1 heterocycles. The van der Waals surface area contributed by atoms with Gasteiger partial charge in [0, 0.05) is 22.3 Å². The minimum atomic E-state index is -0.0772. The van der Waals surface area contributed by atoms with Gasteiger partial charge in [-0.3, -0.25) is 4.98 Å². The smallest absolute Gasteiger partial charge is 0.123 e. The fourth-order valence-corrected chi connectivity index (χ4v) is 1.81. The van der Waals surface area contributed by atoms with Gasteiger partial charge < -0.3 is 9.84 Å². The second kappa shape index (κ2) is 5.80. The van der Waals surface area contributed by atoms with Gasteiger partial charge in [0.15, 0.2) is 0 Å². The van der Waals surface area contributed by atoms with Crippen molar-refractivity contribution in [3.8, 4) is 5.75 Å². The number of benzene rings is 1. The highest BCUT2D eigenvalue weighted by atomic mass is 79.9. The van der Waals surface area contributed by atoms with Crippen LogP contribution in [-0.2, 0) is 13.2 Å². The quantitative estimate of drug-likeness (QED) is 0.942. The van der Waals surface area contributed by atoms with Gasteiger partial charge in [0.2, 0.25) is 0 Å². The zero-order chi connectivity index (χ0) is 12.1. The first kappa shape index (κ1) is 12.1. The van der Waals surface area contributed by atoms with E-state index in [0.29, 0.717) is 18.1 Å². The average Bonchev–Trinajstić information content (AvgIpc) is 2.38. The molecule has 0 saturated heterocycles. The third-order valence-corrected chi connectivity index (χ3v) is 3.08. The van der Waals surface area contributed by atoms with Gasteiger partial charge in [0.25, 0.3) is 0 Å². The highest BCUT2D eigenvalue weighted by Crippen LogP contribution is 2.19. The summed E-state index contributed by atoms with van der Waals surface area (Å²) in [5, 5.41) is 8.97. The topological polar surface area (TPSA) is 42.4 Å². The van der Waals surface area contributed by atoms with Crippen LogP contribution in [0.2, 0.25) is 0 Å². The van der Waals surface area contributed by atoms with E-state index in [1.54, 1.807) is 18.3 Å². The van der Waals surface area contributed by atoms with E-state index in [1.807, 2.05) is 24.3 Å². The number of halogens is 1. The van der Waals surface area contributed by atoms with E-state index in [0.717, 1.165) is 10.0 Å². The molecule has 2 rings (SSSR count). The van der Waals surface area contributed by atoms with Crippen LogP contribution in [0.25, 0.3) is 0 Å². The Kier molecular flexibility index (Phi) is 4.12. The monoisotopic (exact) mass is 293 g/mol. The van der Waals surface area contributed by atoms with E-state index in [9.17, 15) is 0 Å². The summed E-state index contributed by atoms with van der Waals surface area (Å²) in [6.45, 7) is 0.405. The molecule has 2 aromatic rings. The summed E-state index contributed by atoms with van der Waals surface area (Å²) < 4.78 is 6.66. The molecule has 3 nitrogen and oxygen atoms in total. The second-order valence-electron chi connectivity index (χ2n) is 3.52. The molecule has 1 aromatic carbocycles. The number of nitrogens with zero attached hydrogens (tertiary/aromatic N) is 1. The van der Waals surface area contributed by atoms with Crippen LogP contribution in [0.15, 0.2) is 47.1 Å². The summed E-state index contributed by atoms with van der Waals surface area (Å²) in [5.74, 6) is 0.708. The van der Waals surface area contributed by atoms with Crippen LogP contribution >= 0.6 is 15.9 Å². The molecule has 0 saturated carbocycles. The molecule has 0 fully saturated rings. The first-order valence-electron chi connectivity index (χ1n) is 5.21. The van der Waals surface area contributed by atoms with Crippen molar-refractivity contribution >= 4 is 15.9 Å². The third-order valence-electron chi connectivity index (χ3n) is 2.30. The van der Waals surface area contributed by atoms with Crippen molar-refractivity contribution in [3.63, 3.8) is 0 Å². The van der Waals surface area contributed by atoms with Crippen molar-refractivity contribution in [2.75, 3.05) is 0 Å². The number of ether oxygens (including phenoxy) is 1. The number of rotatable bonds is 4. The van der Waals surface area contributed by atoms with Crippen molar-refractivity contribution in [3.05, 3.63) is 58.3 Å². The molecule has 17 heavy (non-hydrogen) atoms. The Morgan fingerprint density at radius 1 is 1.24 bits per heavy atom. The van der Waals surface area contributed by atoms with Gasteiger partial charge in [-0.05, 0) is 12.1 Å². The molecular formula is C13H12BrNO2. The van der Waals surface area contributed by atoms with Crippen LogP contribution in [0.4, 0.5) is 0 Å². The zero-order valence-electron chi connectivity index (χ0n) is 9.14. The molecule has 0 bridgehead atoms. The molecule has 0 spiro atoms. The molecule has 1 N–H and O–H groups in total. The van der Waals surface area contributed by atoms with E-state index in [-0.39, 0.29) is 6.61 Å².